The van der Waals surface area contributed by atoms with Crippen molar-refractivity contribution in [3.8, 4) is 11.5 Å². The molecule has 5 heteroatoms. The van der Waals surface area contributed by atoms with Gasteiger partial charge >= 0.3 is 0 Å². The van der Waals surface area contributed by atoms with Crippen LogP contribution in [0.25, 0.3) is 0 Å². The van der Waals surface area contributed by atoms with Gasteiger partial charge in [0.1, 0.15) is 11.5 Å². The third-order valence-electron chi connectivity index (χ3n) is 4.21. The molecule has 3 N–H and O–H groups in total. The molecule has 0 saturated carbocycles. The lowest BCUT2D eigenvalue weighted by molar-refractivity contribution is 0.117. The van der Waals surface area contributed by atoms with Crippen LogP contribution in [0.15, 0.2) is 18.2 Å². The highest BCUT2D eigenvalue weighted by Gasteiger charge is 2.23. The number of nitrogens with one attached hydrogen (secondary N) is 1. The summed E-state index contributed by atoms with van der Waals surface area (Å²) in [5.41, 5.74) is 0.835. The highest BCUT2D eigenvalue weighted by atomic mass is 16.5. The molecular formula is C16H26N2O3. The Morgan fingerprint density at radius 3 is 2.86 bits per heavy atom. The molecule has 0 radical (unpaired) electrons. The Bertz CT molecular complexity index is 447. The summed E-state index contributed by atoms with van der Waals surface area (Å²) in [4.78, 5) is 2.32. The molecule has 2 rings (SSSR count). The van der Waals surface area contributed by atoms with E-state index in [1.165, 1.54) is 18.9 Å². The molecule has 118 valence electrons. The Morgan fingerprint density at radius 2 is 2.24 bits per heavy atom. The fourth-order valence-electron chi connectivity index (χ4n) is 2.93. The third kappa shape index (κ3) is 4.33. The highest BCUT2D eigenvalue weighted by molar-refractivity contribution is 5.40. The van der Waals surface area contributed by atoms with E-state index in [9.17, 15) is 10.2 Å². The minimum atomic E-state index is 0.0724. The second kappa shape index (κ2) is 7.64. The number of ether oxygens (including phenoxy) is 1. The zero-order chi connectivity index (χ0) is 15.2. The number of phenolic OH excluding ortho intramolecular Hbond substituents is 2. The largest absolute Gasteiger partial charge is 0.508 e. The van der Waals surface area contributed by atoms with E-state index in [1.54, 1.807) is 19.2 Å². The first-order valence-corrected chi connectivity index (χ1v) is 7.60. The molecule has 0 aromatic heterocycles. The fraction of sp³-hybridized carbons (Fsp3) is 0.625. The number of nitrogens with zero attached hydrogens (tertiary/aromatic N) is 1. The zero-order valence-corrected chi connectivity index (χ0v) is 12.9. The SMILES string of the molecule is COCCN(CC1CCCN1)C(C)c1ccc(O)cc1O. The van der Waals surface area contributed by atoms with E-state index in [1.807, 2.05) is 0 Å². The molecule has 21 heavy (non-hydrogen) atoms. The van der Waals surface area contributed by atoms with E-state index in [0.29, 0.717) is 12.6 Å². The minimum Gasteiger partial charge on any atom is -0.508 e. The summed E-state index contributed by atoms with van der Waals surface area (Å²) in [7, 11) is 1.70. The molecule has 0 bridgehead atoms. The third-order valence-corrected chi connectivity index (χ3v) is 4.21. The monoisotopic (exact) mass is 294 g/mol. The molecule has 1 fully saturated rings. The Kier molecular flexibility index (Phi) is 5.85. The first-order chi connectivity index (χ1) is 10.1. The van der Waals surface area contributed by atoms with Crippen LogP contribution in [0.4, 0.5) is 0 Å². The van der Waals surface area contributed by atoms with Gasteiger partial charge in [0.05, 0.1) is 6.61 Å². The standard InChI is InChI=1S/C16H26N2O3/c1-12(15-6-5-14(19)10-16(15)20)18(8-9-21-2)11-13-4-3-7-17-13/h5-6,10,12-13,17,19-20H,3-4,7-9,11H2,1-2H3. The summed E-state index contributed by atoms with van der Waals surface area (Å²) in [6, 6.07) is 5.38. The van der Waals surface area contributed by atoms with Crippen LogP contribution in [0.1, 0.15) is 31.4 Å². The van der Waals surface area contributed by atoms with Gasteiger partial charge in [0.2, 0.25) is 0 Å². The first kappa shape index (κ1) is 16.1. The molecule has 5 nitrogen and oxygen atoms in total. The molecule has 2 atom stereocenters. The molecule has 0 spiro atoms. The number of phenols is 2. The maximum atomic E-state index is 10.1. The summed E-state index contributed by atoms with van der Waals surface area (Å²) in [5, 5.41) is 23.0. The van der Waals surface area contributed by atoms with E-state index < -0.39 is 0 Å². The van der Waals surface area contributed by atoms with Crippen molar-refractivity contribution in [2.45, 2.75) is 31.8 Å². The van der Waals surface area contributed by atoms with Crippen molar-refractivity contribution in [2.75, 3.05) is 33.4 Å². The topological polar surface area (TPSA) is 65.0 Å². The predicted octanol–water partition coefficient (Wildman–Crippen LogP) is 1.86. The summed E-state index contributed by atoms with van der Waals surface area (Å²) >= 11 is 0. The van der Waals surface area contributed by atoms with E-state index >= 15 is 0 Å². The van der Waals surface area contributed by atoms with E-state index in [2.05, 4.69) is 17.1 Å². The van der Waals surface area contributed by atoms with Gasteiger partial charge in [-0.2, -0.15) is 0 Å². The van der Waals surface area contributed by atoms with Crippen molar-refractivity contribution in [1.29, 1.82) is 0 Å². The van der Waals surface area contributed by atoms with Gasteiger partial charge in [0.25, 0.3) is 0 Å². The van der Waals surface area contributed by atoms with E-state index in [0.717, 1.165) is 25.2 Å². The molecule has 1 aromatic rings. The summed E-state index contributed by atoms with van der Waals surface area (Å²) < 4.78 is 5.21. The van der Waals surface area contributed by atoms with Crippen LogP contribution in [-0.2, 0) is 4.74 Å². The Balaban J connectivity index is 2.09. The number of aromatic hydroxyl groups is 2. The molecule has 1 saturated heterocycles. The molecule has 1 aliphatic heterocycles. The van der Waals surface area contributed by atoms with Crippen molar-refractivity contribution in [2.24, 2.45) is 0 Å². The number of hydrogen-bond donors (Lipinski definition) is 3. The molecule has 1 aliphatic rings. The lowest BCUT2D eigenvalue weighted by Gasteiger charge is -2.32. The molecule has 1 heterocycles. The molecule has 2 unspecified atom stereocenters. The Hall–Kier alpha value is -1.30. The van der Waals surface area contributed by atoms with Gasteiger partial charge in [-0.1, -0.05) is 6.07 Å². The predicted molar refractivity (Wildman–Crippen MR) is 82.7 cm³/mol. The van der Waals surface area contributed by atoms with Crippen LogP contribution < -0.4 is 5.32 Å². The summed E-state index contributed by atoms with van der Waals surface area (Å²) in [6.07, 6.45) is 2.42. The smallest absolute Gasteiger partial charge is 0.124 e. The van der Waals surface area contributed by atoms with Gasteiger partial charge in [-0.3, -0.25) is 4.90 Å². The van der Waals surface area contributed by atoms with Crippen molar-refractivity contribution < 1.29 is 14.9 Å². The molecule has 0 amide bonds. The van der Waals surface area contributed by atoms with Gasteiger partial charge in [0, 0.05) is 43.9 Å². The van der Waals surface area contributed by atoms with Crippen molar-refractivity contribution in [1.82, 2.24) is 10.2 Å². The van der Waals surface area contributed by atoms with Gasteiger partial charge in [0.15, 0.2) is 0 Å². The van der Waals surface area contributed by atoms with Gasteiger partial charge in [-0.05, 0) is 32.4 Å². The van der Waals surface area contributed by atoms with Gasteiger partial charge < -0.3 is 20.3 Å². The van der Waals surface area contributed by atoms with Gasteiger partial charge in [-0.25, -0.2) is 0 Å². The number of hydrogen-bond acceptors (Lipinski definition) is 5. The maximum absolute atomic E-state index is 10.1. The lowest BCUT2D eigenvalue weighted by Crippen LogP contribution is -2.40. The van der Waals surface area contributed by atoms with Crippen LogP contribution in [0.3, 0.4) is 0 Å². The molecule has 1 aromatic carbocycles. The minimum absolute atomic E-state index is 0.0724. The normalized spacial score (nSPS) is 20.0. The quantitative estimate of drug-likeness (QED) is 0.716. The van der Waals surface area contributed by atoms with E-state index in [4.69, 9.17) is 4.74 Å². The van der Waals surface area contributed by atoms with Crippen LogP contribution in [0, 0.1) is 0 Å². The van der Waals surface area contributed by atoms with Crippen molar-refractivity contribution in [3.05, 3.63) is 23.8 Å². The number of rotatable bonds is 7. The number of methoxy groups -OCH3 is 1. The van der Waals surface area contributed by atoms with Gasteiger partial charge in [-0.15, -0.1) is 0 Å². The lowest BCUT2D eigenvalue weighted by atomic mass is 10.0. The Labute approximate surface area is 126 Å². The average molecular weight is 294 g/mol. The summed E-state index contributed by atoms with van der Waals surface area (Å²) in [5.74, 6) is 0.230. The average Bonchev–Trinajstić information content (AvgIpc) is 2.95. The second-order valence-corrected chi connectivity index (χ2v) is 5.70. The number of benzene rings is 1. The fourth-order valence-corrected chi connectivity index (χ4v) is 2.93. The van der Waals surface area contributed by atoms with E-state index in [-0.39, 0.29) is 17.5 Å². The Morgan fingerprint density at radius 1 is 1.43 bits per heavy atom. The van der Waals surface area contributed by atoms with Crippen LogP contribution in [0.2, 0.25) is 0 Å². The second-order valence-electron chi connectivity index (χ2n) is 5.70. The summed E-state index contributed by atoms with van der Waals surface area (Å²) in [6.45, 7) is 5.58. The van der Waals surface area contributed by atoms with Crippen LogP contribution >= 0.6 is 0 Å². The molecular weight excluding hydrogens is 268 g/mol. The van der Waals surface area contributed by atoms with Crippen LogP contribution in [-0.4, -0.2) is 54.5 Å². The first-order valence-electron chi connectivity index (χ1n) is 7.60. The van der Waals surface area contributed by atoms with Crippen molar-refractivity contribution in [3.63, 3.8) is 0 Å². The zero-order valence-electron chi connectivity index (χ0n) is 12.9. The van der Waals surface area contributed by atoms with Crippen molar-refractivity contribution >= 4 is 0 Å². The maximum Gasteiger partial charge on any atom is 0.124 e. The highest BCUT2D eigenvalue weighted by Crippen LogP contribution is 2.31. The van der Waals surface area contributed by atoms with Crippen LogP contribution in [0.5, 0.6) is 11.5 Å². The molecule has 0 aliphatic carbocycles.